The van der Waals surface area contributed by atoms with E-state index >= 15 is 0 Å². The lowest BCUT2D eigenvalue weighted by Crippen LogP contribution is -2.59. The summed E-state index contributed by atoms with van der Waals surface area (Å²) < 4.78 is 5.06. The van der Waals surface area contributed by atoms with E-state index in [4.69, 9.17) is 4.74 Å². The van der Waals surface area contributed by atoms with E-state index in [1.807, 2.05) is 6.92 Å². The van der Waals surface area contributed by atoms with Crippen molar-refractivity contribution in [3.05, 3.63) is 12.2 Å². The summed E-state index contributed by atoms with van der Waals surface area (Å²) in [4.78, 5) is 22.0. The minimum absolute atomic E-state index is 0.00264. The highest BCUT2D eigenvalue weighted by Crippen LogP contribution is 2.10. The second kappa shape index (κ2) is 5.65. The number of carbonyl (C=O) groups excluding carboxylic acids is 2. The molecule has 0 aliphatic heterocycles. The Kier molecular flexibility index (Phi) is 5.17. The maximum Gasteiger partial charge on any atom is 0.337 e. The van der Waals surface area contributed by atoms with Gasteiger partial charge in [-0.25, -0.2) is 4.79 Å². The molecule has 0 aliphatic rings. The van der Waals surface area contributed by atoms with E-state index in [2.05, 4.69) is 6.58 Å². The normalized spacial score (nSPS) is 16.0. The molecule has 0 aromatic heterocycles. The molecular formula is C11H19NO4. The summed E-state index contributed by atoms with van der Waals surface area (Å²) >= 11 is 0. The van der Waals surface area contributed by atoms with Crippen LogP contribution in [0, 0.1) is 0 Å². The Hall–Kier alpha value is -1.36. The highest BCUT2D eigenvalue weighted by molar-refractivity contribution is 5.86. The first-order valence-electron chi connectivity index (χ1n) is 5.12. The SMILES string of the molecule is C=C(C)C(=O)OC[N+](C)(CC)C(C)C(=O)[O-]. The van der Waals surface area contributed by atoms with Gasteiger partial charge in [0.25, 0.3) is 0 Å². The second-order valence-electron chi connectivity index (χ2n) is 4.13. The quantitative estimate of drug-likeness (QED) is 0.271. The lowest BCUT2D eigenvalue weighted by atomic mass is 10.2. The molecule has 0 rings (SSSR count). The molecule has 2 atom stereocenters. The highest BCUT2D eigenvalue weighted by Gasteiger charge is 2.29. The van der Waals surface area contributed by atoms with Crippen molar-refractivity contribution in [3.8, 4) is 0 Å². The van der Waals surface area contributed by atoms with Crippen LogP contribution in [0.5, 0.6) is 0 Å². The van der Waals surface area contributed by atoms with Gasteiger partial charge in [0.1, 0.15) is 6.04 Å². The number of hydrogen-bond acceptors (Lipinski definition) is 4. The molecule has 2 unspecified atom stereocenters. The molecular weight excluding hydrogens is 210 g/mol. The molecule has 0 heterocycles. The molecule has 5 nitrogen and oxygen atoms in total. The van der Waals surface area contributed by atoms with Gasteiger partial charge in [-0.3, -0.25) is 4.48 Å². The number of quaternary nitrogens is 1. The molecule has 0 spiro atoms. The van der Waals surface area contributed by atoms with Gasteiger partial charge in [0.05, 0.1) is 19.6 Å². The number of likely N-dealkylation sites (N-methyl/N-ethyl adjacent to an activating group) is 1. The summed E-state index contributed by atoms with van der Waals surface area (Å²) in [5.74, 6) is -1.67. The average Bonchev–Trinajstić information content (AvgIpc) is 2.23. The van der Waals surface area contributed by atoms with Crippen molar-refractivity contribution in [1.82, 2.24) is 0 Å². The molecule has 0 amide bonds. The Morgan fingerprint density at radius 3 is 2.31 bits per heavy atom. The Bertz CT molecular complexity index is 300. The number of rotatable bonds is 6. The Morgan fingerprint density at radius 2 is 2.00 bits per heavy atom. The van der Waals surface area contributed by atoms with Crippen molar-refractivity contribution in [2.75, 3.05) is 20.3 Å². The minimum atomic E-state index is -1.16. The summed E-state index contributed by atoms with van der Waals surface area (Å²) in [6, 6.07) is -0.733. The zero-order valence-electron chi connectivity index (χ0n) is 10.3. The van der Waals surface area contributed by atoms with Gasteiger partial charge < -0.3 is 14.6 Å². The first-order chi connectivity index (χ1) is 7.24. The van der Waals surface area contributed by atoms with Crippen LogP contribution in [0.4, 0.5) is 0 Å². The molecule has 92 valence electrons. The monoisotopic (exact) mass is 229 g/mol. The number of hydrogen-bond donors (Lipinski definition) is 0. The van der Waals surface area contributed by atoms with Crippen LogP contribution in [0.25, 0.3) is 0 Å². The van der Waals surface area contributed by atoms with Crippen LogP contribution in [-0.4, -0.2) is 42.8 Å². The Labute approximate surface area is 95.9 Å². The van der Waals surface area contributed by atoms with Crippen molar-refractivity contribution in [3.63, 3.8) is 0 Å². The van der Waals surface area contributed by atoms with Gasteiger partial charge in [0, 0.05) is 5.57 Å². The van der Waals surface area contributed by atoms with Crippen LogP contribution in [0.15, 0.2) is 12.2 Å². The number of carbonyl (C=O) groups is 2. The topological polar surface area (TPSA) is 66.4 Å². The lowest BCUT2D eigenvalue weighted by Gasteiger charge is -2.38. The highest BCUT2D eigenvalue weighted by atomic mass is 16.5. The third-order valence-electron chi connectivity index (χ3n) is 2.84. The first kappa shape index (κ1) is 14.6. The predicted octanol–water partition coefficient (Wildman–Crippen LogP) is -0.332. The van der Waals surface area contributed by atoms with Crippen molar-refractivity contribution in [2.45, 2.75) is 26.8 Å². The Morgan fingerprint density at radius 1 is 1.50 bits per heavy atom. The van der Waals surface area contributed by atoms with Gasteiger partial charge in [0.15, 0.2) is 0 Å². The number of ether oxygens (including phenoxy) is 1. The molecule has 0 aromatic rings. The summed E-state index contributed by atoms with van der Waals surface area (Å²) in [5, 5.41) is 10.8. The van der Waals surface area contributed by atoms with Gasteiger partial charge in [0.2, 0.25) is 6.73 Å². The third-order valence-corrected chi connectivity index (χ3v) is 2.84. The zero-order chi connectivity index (χ0) is 12.9. The van der Waals surface area contributed by atoms with E-state index in [1.54, 1.807) is 14.0 Å². The van der Waals surface area contributed by atoms with Gasteiger partial charge in [-0.05, 0) is 20.8 Å². The smallest absolute Gasteiger partial charge is 0.337 e. The summed E-state index contributed by atoms with van der Waals surface area (Å²) in [6.45, 7) is 8.88. The predicted molar refractivity (Wildman–Crippen MR) is 57.0 cm³/mol. The molecule has 0 bridgehead atoms. The van der Waals surface area contributed by atoms with E-state index in [0.29, 0.717) is 12.1 Å². The van der Waals surface area contributed by atoms with Crippen molar-refractivity contribution in [2.24, 2.45) is 0 Å². The number of esters is 1. The summed E-state index contributed by atoms with van der Waals surface area (Å²) in [6.07, 6.45) is 0. The van der Waals surface area contributed by atoms with Gasteiger partial charge in [-0.1, -0.05) is 6.58 Å². The molecule has 0 fully saturated rings. The third kappa shape index (κ3) is 3.66. The molecule has 0 radical (unpaired) electrons. The van der Waals surface area contributed by atoms with Crippen LogP contribution in [0.2, 0.25) is 0 Å². The fourth-order valence-electron chi connectivity index (χ4n) is 1.06. The maximum absolute atomic E-state index is 11.2. The van der Waals surface area contributed by atoms with Crippen LogP contribution in [-0.2, 0) is 14.3 Å². The molecule has 16 heavy (non-hydrogen) atoms. The Balaban J connectivity index is 4.55. The van der Waals surface area contributed by atoms with E-state index in [1.165, 1.54) is 6.92 Å². The van der Waals surface area contributed by atoms with E-state index in [0.717, 1.165) is 0 Å². The first-order valence-corrected chi connectivity index (χ1v) is 5.12. The van der Waals surface area contributed by atoms with Gasteiger partial charge >= 0.3 is 5.97 Å². The van der Waals surface area contributed by atoms with Crippen LogP contribution in [0.3, 0.4) is 0 Å². The van der Waals surface area contributed by atoms with Crippen molar-refractivity contribution < 1.29 is 23.9 Å². The number of carboxylic acids is 1. The van der Waals surface area contributed by atoms with E-state index in [-0.39, 0.29) is 11.2 Å². The van der Waals surface area contributed by atoms with Crippen molar-refractivity contribution in [1.29, 1.82) is 0 Å². The largest absolute Gasteiger partial charge is 0.544 e. The fraction of sp³-hybridized carbons (Fsp3) is 0.636. The average molecular weight is 229 g/mol. The van der Waals surface area contributed by atoms with Gasteiger partial charge in [-0.2, -0.15) is 0 Å². The zero-order valence-corrected chi connectivity index (χ0v) is 10.3. The van der Waals surface area contributed by atoms with Crippen LogP contribution >= 0.6 is 0 Å². The molecule has 0 N–H and O–H groups in total. The van der Waals surface area contributed by atoms with Crippen molar-refractivity contribution >= 4 is 11.9 Å². The maximum atomic E-state index is 11.2. The summed E-state index contributed by atoms with van der Waals surface area (Å²) in [5.41, 5.74) is 0.295. The fourth-order valence-corrected chi connectivity index (χ4v) is 1.06. The molecule has 0 aromatic carbocycles. The number of nitrogens with zero attached hydrogens (tertiary/aromatic N) is 1. The van der Waals surface area contributed by atoms with Crippen LogP contribution in [0.1, 0.15) is 20.8 Å². The molecule has 0 saturated heterocycles. The van der Waals surface area contributed by atoms with Crippen LogP contribution < -0.4 is 5.11 Å². The molecule has 0 aliphatic carbocycles. The van der Waals surface area contributed by atoms with E-state index in [9.17, 15) is 14.7 Å². The van der Waals surface area contributed by atoms with E-state index < -0.39 is 18.0 Å². The second-order valence-corrected chi connectivity index (χ2v) is 4.13. The number of aliphatic carboxylic acids is 1. The number of carboxylic acid groups (broad SMARTS) is 1. The lowest BCUT2D eigenvalue weighted by molar-refractivity contribution is -0.939. The minimum Gasteiger partial charge on any atom is -0.544 e. The molecule has 0 saturated carbocycles. The summed E-state index contributed by atoms with van der Waals surface area (Å²) in [7, 11) is 1.70. The standard InChI is InChI=1S/C11H19NO4/c1-6-12(5,9(4)10(13)14)7-16-11(15)8(2)3/h9H,2,6-7H2,1,3-5H3. The van der Waals surface area contributed by atoms with Gasteiger partial charge in [-0.15, -0.1) is 0 Å². The molecule has 5 heteroatoms.